The monoisotopic (exact) mass is 1530 g/mol. The van der Waals surface area contributed by atoms with Gasteiger partial charge in [0.15, 0.2) is 5.58 Å². The molecule has 0 saturated heterocycles. The second-order valence-corrected chi connectivity index (χ2v) is 32.6. The predicted octanol–water partition coefficient (Wildman–Crippen LogP) is 31.6. The van der Waals surface area contributed by atoms with Crippen LogP contribution in [-0.4, -0.2) is 15.0 Å². The van der Waals surface area contributed by atoms with Crippen LogP contribution in [0.25, 0.3) is 198 Å². The van der Waals surface area contributed by atoms with Gasteiger partial charge in [0, 0.05) is 75.0 Å². The van der Waals surface area contributed by atoms with E-state index < -0.39 is 0 Å². The highest BCUT2D eigenvalue weighted by molar-refractivity contribution is 6.38. The molecule has 7 nitrogen and oxygen atoms in total. The first-order valence-corrected chi connectivity index (χ1v) is 41.0. The van der Waals surface area contributed by atoms with Crippen molar-refractivity contribution >= 4 is 143 Å². The zero-order chi connectivity index (χ0) is 79.7. The fourth-order valence-corrected chi connectivity index (χ4v) is 18.6. The van der Waals surface area contributed by atoms with E-state index in [1.165, 1.54) is 70.9 Å². The molecule has 564 valence electrons. The average Bonchev–Trinajstić information content (AvgIpc) is 1.52. The van der Waals surface area contributed by atoms with Crippen molar-refractivity contribution in [1.29, 1.82) is 0 Å². The van der Waals surface area contributed by atoms with Gasteiger partial charge in [0.1, 0.15) is 22.6 Å². The van der Waals surface area contributed by atoms with E-state index in [0.29, 0.717) is 0 Å². The Morgan fingerprint density at radius 3 is 1.48 bits per heavy atom. The van der Waals surface area contributed by atoms with Crippen molar-refractivity contribution in [3.8, 4) is 89.1 Å². The first-order valence-electron chi connectivity index (χ1n) is 41.0. The van der Waals surface area contributed by atoms with E-state index >= 15 is 0 Å². The third-order valence-electron chi connectivity index (χ3n) is 24.5. The minimum Gasteiger partial charge on any atom is -0.456 e. The van der Waals surface area contributed by atoms with Crippen molar-refractivity contribution in [2.24, 2.45) is 0 Å². The van der Waals surface area contributed by atoms with Crippen molar-refractivity contribution in [3.63, 3.8) is 0 Å². The number of fused-ring (bicyclic) bond motifs is 7. The second-order valence-electron chi connectivity index (χ2n) is 32.6. The van der Waals surface area contributed by atoms with E-state index in [-0.39, 0.29) is 5.41 Å². The Labute approximate surface area is 693 Å². The maximum Gasteiger partial charge on any atom is 0.160 e. The molecule has 0 aliphatic heterocycles. The molecular formula is C113H75N5O2. The molecule has 23 rings (SSSR count). The molecule has 0 aliphatic carbocycles. The third-order valence-corrected chi connectivity index (χ3v) is 24.5. The third kappa shape index (κ3) is 12.0. The Kier molecular flexibility index (Phi) is 16.4. The van der Waals surface area contributed by atoms with Gasteiger partial charge in [-0.1, -0.05) is 263 Å². The van der Waals surface area contributed by atoms with Gasteiger partial charge in [-0.2, -0.15) is 0 Å². The number of hydrogen-bond acceptors (Lipinski definition) is 7. The van der Waals surface area contributed by atoms with E-state index in [2.05, 4.69) is 405 Å². The molecule has 0 amide bonds. The molecule has 0 atom stereocenters. The number of pyridine rings is 3. The van der Waals surface area contributed by atoms with Crippen molar-refractivity contribution in [1.82, 2.24) is 15.0 Å². The minimum absolute atomic E-state index is 0.0979. The highest BCUT2D eigenvalue weighted by Crippen LogP contribution is 2.54. The lowest BCUT2D eigenvalue weighted by Crippen LogP contribution is -2.14. The molecule has 0 radical (unpaired) electrons. The van der Waals surface area contributed by atoms with Crippen LogP contribution in [0.5, 0.6) is 0 Å². The molecule has 23 aromatic rings. The number of rotatable bonds is 14. The molecular weight excluding hydrogens is 1460 g/mol. The van der Waals surface area contributed by atoms with Crippen LogP contribution in [0.2, 0.25) is 0 Å². The lowest BCUT2D eigenvalue weighted by atomic mass is 9.87. The smallest absolute Gasteiger partial charge is 0.160 e. The Hall–Kier alpha value is -15.6. The van der Waals surface area contributed by atoms with Crippen molar-refractivity contribution in [3.05, 3.63) is 406 Å². The molecule has 7 heteroatoms. The number of hydrogen-bond donors (Lipinski definition) is 0. The summed E-state index contributed by atoms with van der Waals surface area (Å²) in [6.45, 7) is 6.79. The molecule has 0 saturated carbocycles. The largest absolute Gasteiger partial charge is 0.456 e. The van der Waals surface area contributed by atoms with Crippen LogP contribution in [0.15, 0.2) is 410 Å². The van der Waals surface area contributed by atoms with Gasteiger partial charge in [-0.05, 0) is 281 Å². The zero-order valence-corrected chi connectivity index (χ0v) is 66.2. The van der Waals surface area contributed by atoms with Gasteiger partial charge < -0.3 is 13.7 Å². The average molecular weight is 1530 g/mol. The molecule has 0 spiro atoms. The molecule has 18 aromatic carbocycles. The van der Waals surface area contributed by atoms with Gasteiger partial charge in [-0.25, -0.2) is 4.98 Å². The standard InChI is InChI=1S/C113H75N5O2/c1-113(2,3)87-44-46-88(47-45-87)118(107-35-17-34-102(116-107)75-50-54-114-55-51-75)91-68-101-100-64-85(73-38-36-71(37-39-73)77-24-14-27-83(59-77)98-63-84-22-9-10-30-93(84)94-31-11-12-32-95(94)98)66-105-110(100)111-96(48-49-103(112(111)120-105)117(89-52-56-115-57-53-89)90-29-15-26-80(61-90)70-18-5-4-6-19-70)99-65-86(67-104-108(99)109(101)106(69-91)119-104)79-25-13-23-76(58-79)72-40-42-74(43-41-72)92-33-16-28-82-60-78-20-7-8-21-81(78)62-97(82)92/h4-69H,1-3H3. The lowest BCUT2D eigenvalue weighted by molar-refractivity contribution is 0.590. The van der Waals surface area contributed by atoms with Crippen LogP contribution >= 0.6 is 0 Å². The Morgan fingerprint density at radius 2 is 0.750 bits per heavy atom. The molecule has 0 fully saturated rings. The lowest BCUT2D eigenvalue weighted by Gasteiger charge is -2.27. The van der Waals surface area contributed by atoms with Gasteiger partial charge in [0.05, 0.1) is 17.1 Å². The van der Waals surface area contributed by atoms with Crippen LogP contribution in [0.4, 0.5) is 34.3 Å². The fourth-order valence-electron chi connectivity index (χ4n) is 18.6. The van der Waals surface area contributed by atoms with E-state index in [4.69, 9.17) is 13.8 Å². The maximum absolute atomic E-state index is 7.93. The SMILES string of the molecule is CC(C)(C)c1ccc(N(c2cc3oc4cc(-c5cccc(-c6ccc(-c7cccc8cc9ccccc9cc78)cc6)c5)cc5c6ccc(N(c7ccncc7)c7cccc(-c8ccccc8)c7)c7oc8cc(-c9ccc(-c%10cccc(-c%11cc%12ccccc%12c%12ccccc%11%12)c%10)cc9)cc(c(c2)c3c45)c8c76)c2cccc(-c3ccncc3)n2)cc1. The van der Waals surface area contributed by atoms with Crippen molar-refractivity contribution < 1.29 is 8.83 Å². The summed E-state index contributed by atoms with van der Waals surface area (Å²) in [5, 5.41) is 17.9. The molecule has 0 bridgehead atoms. The summed E-state index contributed by atoms with van der Waals surface area (Å²) in [6, 6.07) is 137. The van der Waals surface area contributed by atoms with E-state index in [1.54, 1.807) is 0 Å². The summed E-state index contributed by atoms with van der Waals surface area (Å²) >= 11 is 0. The zero-order valence-electron chi connectivity index (χ0n) is 66.2. The maximum atomic E-state index is 7.93. The molecule has 120 heavy (non-hydrogen) atoms. The summed E-state index contributed by atoms with van der Waals surface area (Å²) in [4.78, 5) is 19.2. The van der Waals surface area contributed by atoms with Gasteiger partial charge in [-0.3, -0.25) is 14.9 Å². The molecule has 0 aliphatic rings. The van der Waals surface area contributed by atoms with E-state index in [1.807, 2.05) is 36.9 Å². The van der Waals surface area contributed by atoms with Crippen molar-refractivity contribution in [2.45, 2.75) is 26.2 Å². The molecule has 0 unspecified atom stereocenters. The second kappa shape index (κ2) is 28.1. The van der Waals surface area contributed by atoms with Crippen LogP contribution < -0.4 is 9.80 Å². The van der Waals surface area contributed by atoms with Crippen molar-refractivity contribution in [2.75, 3.05) is 9.80 Å². The summed E-state index contributed by atoms with van der Waals surface area (Å²) in [5.41, 5.74) is 26.0. The Bertz CT molecular complexity index is 7990. The van der Waals surface area contributed by atoms with Crippen LogP contribution in [0.1, 0.15) is 26.3 Å². The minimum atomic E-state index is -0.0979. The number of anilines is 6. The quantitative estimate of drug-likeness (QED) is 0.0793. The summed E-state index contributed by atoms with van der Waals surface area (Å²) in [7, 11) is 0. The predicted molar refractivity (Wildman–Crippen MR) is 502 cm³/mol. The Balaban J connectivity index is 0.769. The first-order chi connectivity index (χ1) is 59.1. The van der Waals surface area contributed by atoms with Gasteiger partial charge in [0.25, 0.3) is 0 Å². The Morgan fingerprint density at radius 1 is 0.242 bits per heavy atom. The van der Waals surface area contributed by atoms with Crippen LogP contribution in [0, 0.1) is 0 Å². The topological polar surface area (TPSA) is 71.4 Å². The molecule has 5 heterocycles. The number of furan rings is 2. The van der Waals surface area contributed by atoms with Gasteiger partial charge in [-0.15, -0.1) is 0 Å². The van der Waals surface area contributed by atoms with E-state index in [0.717, 1.165) is 167 Å². The van der Waals surface area contributed by atoms with Crippen LogP contribution in [0.3, 0.4) is 0 Å². The molecule has 5 aromatic heterocycles. The number of aromatic nitrogens is 3. The highest BCUT2D eigenvalue weighted by atomic mass is 16.3. The van der Waals surface area contributed by atoms with Crippen LogP contribution in [-0.2, 0) is 5.41 Å². The summed E-state index contributed by atoms with van der Waals surface area (Å²) < 4.78 is 15.6. The fraction of sp³-hybridized carbons (Fsp3) is 0.0354. The number of nitrogens with zero attached hydrogens (tertiary/aromatic N) is 5. The normalized spacial score (nSPS) is 12.0. The summed E-state index contributed by atoms with van der Waals surface area (Å²) in [6.07, 6.45) is 7.40. The number of benzene rings is 17. The summed E-state index contributed by atoms with van der Waals surface area (Å²) in [5.74, 6) is 0.740. The van der Waals surface area contributed by atoms with E-state index in [9.17, 15) is 0 Å². The highest BCUT2D eigenvalue weighted by Gasteiger charge is 2.29. The van der Waals surface area contributed by atoms with Gasteiger partial charge >= 0.3 is 0 Å². The first kappa shape index (κ1) is 69.9. The molecule has 0 N–H and O–H groups in total. The van der Waals surface area contributed by atoms with Gasteiger partial charge in [0.2, 0.25) is 0 Å².